The lowest BCUT2D eigenvalue weighted by Gasteiger charge is -2.39. The van der Waals surface area contributed by atoms with Crippen LogP contribution in [0.2, 0.25) is 0 Å². The van der Waals surface area contributed by atoms with Crippen LogP contribution in [0.25, 0.3) is 11.3 Å². The van der Waals surface area contributed by atoms with Crippen molar-refractivity contribution in [2.24, 2.45) is 0 Å². The number of aryl methyl sites for hydroxylation is 1. The number of nitrogens with zero attached hydrogens (tertiary/aromatic N) is 5. The van der Waals surface area contributed by atoms with Gasteiger partial charge in [0.1, 0.15) is 6.04 Å². The molecule has 5 N–H and O–H groups in total. The maximum atomic E-state index is 12.8. The molecule has 0 radical (unpaired) electrons. The molecule has 59 heavy (non-hydrogen) atoms. The SMILES string of the molecule is Cc1cc(-c2ccnc(Nc3ccc(N4CCN(CCCNC(=O)c5cccc(NC6CCC(=O)NC6=O)c5)CC4)cc3)n2)ccc1CNC(=O)N1CC(OC(C)C)C1. The predicted molar refractivity (Wildman–Crippen MR) is 228 cm³/mol. The second-order valence-electron chi connectivity index (χ2n) is 15.6. The molecule has 15 nitrogen and oxygen atoms in total. The number of piperazine rings is 1. The molecule has 0 bridgehead atoms. The average Bonchev–Trinajstić information content (AvgIpc) is 3.22. The third-order valence-corrected chi connectivity index (χ3v) is 10.8. The van der Waals surface area contributed by atoms with Crippen LogP contribution in [-0.2, 0) is 20.9 Å². The molecule has 1 unspecified atom stereocenters. The third-order valence-electron chi connectivity index (χ3n) is 10.8. The van der Waals surface area contributed by atoms with Gasteiger partial charge in [-0.2, -0.15) is 0 Å². The van der Waals surface area contributed by atoms with Gasteiger partial charge in [0.15, 0.2) is 0 Å². The molecule has 3 fully saturated rings. The van der Waals surface area contributed by atoms with Gasteiger partial charge < -0.3 is 35.8 Å². The lowest BCUT2D eigenvalue weighted by Crippen LogP contribution is -2.58. The van der Waals surface area contributed by atoms with Crippen molar-refractivity contribution in [1.29, 1.82) is 0 Å². The van der Waals surface area contributed by atoms with Crippen LogP contribution in [-0.4, -0.2) is 114 Å². The molecule has 1 aromatic heterocycles. The van der Waals surface area contributed by atoms with E-state index in [-0.39, 0.29) is 42.4 Å². The van der Waals surface area contributed by atoms with E-state index in [0.29, 0.717) is 49.8 Å². The van der Waals surface area contributed by atoms with Crippen molar-refractivity contribution in [2.45, 2.75) is 64.8 Å². The van der Waals surface area contributed by atoms with Gasteiger partial charge in [0.2, 0.25) is 17.8 Å². The fourth-order valence-corrected chi connectivity index (χ4v) is 7.49. The summed E-state index contributed by atoms with van der Waals surface area (Å²) in [6.45, 7) is 12.9. The van der Waals surface area contributed by atoms with Crippen molar-refractivity contribution in [3.63, 3.8) is 0 Å². The van der Waals surface area contributed by atoms with E-state index in [2.05, 4.69) is 59.6 Å². The molecule has 3 saturated heterocycles. The standard InChI is InChI=1S/C44H54N10O5/c1-29(2)59-37-27-54(28-37)44(58)47-26-33-9-8-31(24-30(33)3)38-16-18-46-43(50-38)49-34-10-12-36(13-11-34)53-22-20-52(21-23-53)19-5-17-45-41(56)32-6-4-7-35(25-32)48-39-14-15-40(55)51-42(39)57/h4,6-13,16,18,24-25,29,37,39,48H,5,14-15,17,19-23,26-28H2,1-3H3,(H,45,56)(H,47,58)(H,46,49,50)(H,51,55,57). The highest BCUT2D eigenvalue weighted by Crippen LogP contribution is 2.25. The minimum atomic E-state index is -0.502. The number of ether oxygens (including phenoxy) is 1. The first-order valence-electron chi connectivity index (χ1n) is 20.5. The molecule has 4 heterocycles. The number of hydrogen-bond donors (Lipinski definition) is 5. The van der Waals surface area contributed by atoms with Crippen molar-refractivity contribution < 1.29 is 23.9 Å². The molecule has 310 valence electrons. The van der Waals surface area contributed by atoms with E-state index in [1.165, 1.54) is 0 Å². The number of hydrogen-bond acceptors (Lipinski definition) is 11. The van der Waals surface area contributed by atoms with E-state index in [1.54, 1.807) is 29.3 Å². The Morgan fingerprint density at radius 3 is 2.47 bits per heavy atom. The van der Waals surface area contributed by atoms with E-state index in [9.17, 15) is 19.2 Å². The van der Waals surface area contributed by atoms with Crippen LogP contribution in [0.3, 0.4) is 0 Å². The van der Waals surface area contributed by atoms with Crippen molar-refractivity contribution in [3.05, 3.63) is 95.7 Å². The molecule has 3 aliphatic rings. The zero-order chi connectivity index (χ0) is 41.3. The smallest absolute Gasteiger partial charge is 0.317 e. The molecule has 7 rings (SSSR count). The van der Waals surface area contributed by atoms with Gasteiger partial charge in [-0.3, -0.25) is 24.6 Å². The molecular formula is C44H54N10O5. The number of likely N-dealkylation sites (tertiary alicyclic amines) is 1. The van der Waals surface area contributed by atoms with Crippen LogP contribution >= 0.6 is 0 Å². The number of imide groups is 1. The summed E-state index contributed by atoms with van der Waals surface area (Å²) in [5, 5.41) is 14.9. The molecule has 4 aromatic rings. The van der Waals surface area contributed by atoms with Crippen LogP contribution in [0.15, 0.2) is 79.0 Å². The molecule has 3 aromatic carbocycles. The predicted octanol–water partition coefficient (Wildman–Crippen LogP) is 4.67. The number of amides is 5. The first-order valence-corrected chi connectivity index (χ1v) is 20.5. The number of nitrogens with one attached hydrogen (secondary N) is 5. The molecule has 1 atom stereocenters. The van der Waals surface area contributed by atoms with Crippen molar-refractivity contribution in [2.75, 3.05) is 67.9 Å². The summed E-state index contributed by atoms with van der Waals surface area (Å²) < 4.78 is 5.76. The molecule has 0 spiro atoms. The maximum Gasteiger partial charge on any atom is 0.317 e. The number of carbonyl (C=O) groups is 4. The molecule has 3 aliphatic heterocycles. The van der Waals surface area contributed by atoms with Crippen LogP contribution in [0.4, 0.5) is 27.8 Å². The van der Waals surface area contributed by atoms with Gasteiger partial charge in [-0.15, -0.1) is 0 Å². The molecule has 0 saturated carbocycles. The van der Waals surface area contributed by atoms with Gasteiger partial charge in [0.25, 0.3) is 5.91 Å². The Morgan fingerprint density at radius 2 is 1.73 bits per heavy atom. The van der Waals surface area contributed by atoms with Gasteiger partial charge in [0.05, 0.1) is 31.0 Å². The summed E-state index contributed by atoms with van der Waals surface area (Å²) in [6, 6.07) is 22.9. The number of piperidine rings is 1. The summed E-state index contributed by atoms with van der Waals surface area (Å²) >= 11 is 0. The van der Waals surface area contributed by atoms with Crippen LogP contribution < -0.4 is 31.5 Å². The van der Waals surface area contributed by atoms with Crippen LogP contribution in [0.1, 0.15) is 54.6 Å². The second kappa shape index (κ2) is 19.1. The number of anilines is 4. The van der Waals surface area contributed by atoms with E-state index in [0.717, 1.165) is 72.9 Å². The van der Waals surface area contributed by atoms with Gasteiger partial charge >= 0.3 is 6.03 Å². The quantitative estimate of drug-likeness (QED) is 0.0836. The number of aromatic nitrogens is 2. The minimum absolute atomic E-state index is 0.0724. The Kier molecular flexibility index (Phi) is 13.3. The molecular weight excluding hydrogens is 749 g/mol. The maximum absolute atomic E-state index is 12.8. The normalized spacial score (nSPS) is 17.3. The fraction of sp³-hybridized carbons (Fsp3) is 0.409. The third kappa shape index (κ3) is 11.1. The zero-order valence-corrected chi connectivity index (χ0v) is 34.0. The van der Waals surface area contributed by atoms with E-state index >= 15 is 0 Å². The molecule has 15 heteroatoms. The van der Waals surface area contributed by atoms with E-state index in [4.69, 9.17) is 9.72 Å². The molecule has 0 aliphatic carbocycles. The number of carbonyl (C=O) groups excluding carboxylic acids is 4. The number of urea groups is 1. The fourth-order valence-electron chi connectivity index (χ4n) is 7.49. The first-order chi connectivity index (χ1) is 28.6. The topological polar surface area (TPSA) is 173 Å². The van der Waals surface area contributed by atoms with Gasteiger partial charge in [-0.05, 0) is 106 Å². The van der Waals surface area contributed by atoms with Crippen molar-refractivity contribution >= 4 is 46.8 Å². The van der Waals surface area contributed by atoms with Crippen molar-refractivity contribution in [1.82, 2.24) is 35.7 Å². The van der Waals surface area contributed by atoms with Crippen LogP contribution in [0.5, 0.6) is 0 Å². The lowest BCUT2D eigenvalue weighted by atomic mass is 10.0. The second-order valence-corrected chi connectivity index (χ2v) is 15.6. The van der Waals surface area contributed by atoms with E-state index < -0.39 is 6.04 Å². The number of rotatable bonds is 15. The number of benzene rings is 3. The highest BCUT2D eigenvalue weighted by Gasteiger charge is 2.32. The average molecular weight is 803 g/mol. The summed E-state index contributed by atoms with van der Waals surface area (Å²) in [5.74, 6) is -0.254. The minimum Gasteiger partial charge on any atom is -0.374 e. The highest BCUT2D eigenvalue weighted by atomic mass is 16.5. The monoisotopic (exact) mass is 802 g/mol. The summed E-state index contributed by atoms with van der Waals surface area (Å²) in [5.41, 5.74) is 7.15. The van der Waals surface area contributed by atoms with Gasteiger partial charge in [-0.1, -0.05) is 18.2 Å². The Bertz CT molecular complexity index is 2120. The summed E-state index contributed by atoms with van der Waals surface area (Å²) in [4.78, 5) is 64.8. The van der Waals surface area contributed by atoms with Crippen molar-refractivity contribution in [3.8, 4) is 11.3 Å². The largest absolute Gasteiger partial charge is 0.374 e. The van der Waals surface area contributed by atoms with Gasteiger partial charge in [-0.25, -0.2) is 14.8 Å². The van der Waals surface area contributed by atoms with E-state index in [1.807, 2.05) is 57.2 Å². The summed E-state index contributed by atoms with van der Waals surface area (Å²) in [6.07, 6.45) is 3.58. The van der Waals surface area contributed by atoms with Crippen LogP contribution in [0, 0.1) is 6.92 Å². The molecule has 5 amide bonds. The Morgan fingerprint density at radius 1 is 0.932 bits per heavy atom. The van der Waals surface area contributed by atoms with Gasteiger partial charge in [0, 0.05) is 80.1 Å². The summed E-state index contributed by atoms with van der Waals surface area (Å²) in [7, 11) is 0. The lowest BCUT2D eigenvalue weighted by molar-refractivity contribution is -0.133. The Hall–Kier alpha value is -6.06. The Balaban J connectivity index is 0.812. The Labute approximate surface area is 345 Å². The highest BCUT2D eigenvalue weighted by molar-refractivity contribution is 6.01. The zero-order valence-electron chi connectivity index (χ0n) is 34.0. The first kappa shape index (κ1) is 41.1.